The van der Waals surface area contributed by atoms with Crippen molar-refractivity contribution in [2.24, 2.45) is 0 Å². The third-order valence-corrected chi connectivity index (χ3v) is 7.88. The molecule has 38 heavy (non-hydrogen) atoms. The van der Waals surface area contributed by atoms with Crippen molar-refractivity contribution in [3.8, 4) is 17.0 Å². The van der Waals surface area contributed by atoms with E-state index in [0.29, 0.717) is 41.1 Å². The molecule has 1 atom stereocenters. The van der Waals surface area contributed by atoms with Crippen LogP contribution in [0.5, 0.6) is 5.75 Å². The fourth-order valence-corrected chi connectivity index (χ4v) is 5.82. The maximum atomic E-state index is 14.7. The van der Waals surface area contributed by atoms with Crippen LogP contribution in [0.3, 0.4) is 0 Å². The van der Waals surface area contributed by atoms with Crippen LogP contribution in [-0.4, -0.2) is 40.9 Å². The van der Waals surface area contributed by atoms with E-state index in [2.05, 4.69) is 10.4 Å². The molecular formula is C28H24Cl2F2N4O2. The maximum Gasteiger partial charge on any atom is 0.255 e. The van der Waals surface area contributed by atoms with Crippen molar-refractivity contribution in [1.29, 1.82) is 0 Å². The first-order valence-electron chi connectivity index (χ1n) is 12.3. The van der Waals surface area contributed by atoms with Crippen LogP contribution >= 0.6 is 23.2 Å². The van der Waals surface area contributed by atoms with E-state index in [-0.39, 0.29) is 35.1 Å². The number of nitrogens with zero attached hydrogens (tertiary/aromatic N) is 3. The molecule has 4 aromatic rings. The summed E-state index contributed by atoms with van der Waals surface area (Å²) in [6, 6.07) is 11.7. The zero-order valence-electron chi connectivity index (χ0n) is 20.7. The molecule has 1 amide bonds. The molecule has 0 unspecified atom stereocenters. The molecule has 0 bridgehead atoms. The molecule has 1 fully saturated rings. The SMILES string of the molecule is Cc1cc2c(N3CC(C)(F)C3)c(C(=O)N[C@H]3CCOc4ccccc43)cnn2c1-c1cc(F)cc(Cl)c1Cl. The summed E-state index contributed by atoms with van der Waals surface area (Å²) in [4.78, 5) is 15.5. The van der Waals surface area contributed by atoms with Crippen molar-refractivity contribution in [2.75, 3.05) is 24.6 Å². The number of fused-ring (bicyclic) bond motifs is 2. The van der Waals surface area contributed by atoms with Gasteiger partial charge in [0, 0.05) is 17.5 Å². The second-order valence-electron chi connectivity index (χ2n) is 10.1. The topological polar surface area (TPSA) is 58.9 Å². The summed E-state index contributed by atoms with van der Waals surface area (Å²) in [6.07, 6.45) is 2.09. The Morgan fingerprint density at radius 3 is 2.74 bits per heavy atom. The predicted octanol–water partition coefficient (Wildman–Crippen LogP) is 6.56. The van der Waals surface area contributed by atoms with Gasteiger partial charge in [0.05, 0.1) is 64.4 Å². The van der Waals surface area contributed by atoms with E-state index in [1.165, 1.54) is 19.2 Å². The Balaban J connectivity index is 1.47. The van der Waals surface area contributed by atoms with E-state index in [4.69, 9.17) is 27.9 Å². The number of para-hydroxylation sites is 1. The highest BCUT2D eigenvalue weighted by Gasteiger charge is 2.42. The van der Waals surface area contributed by atoms with Gasteiger partial charge < -0.3 is 15.0 Å². The summed E-state index contributed by atoms with van der Waals surface area (Å²) in [5, 5.41) is 7.96. The van der Waals surface area contributed by atoms with E-state index in [1.54, 1.807) is 4.52 Å². The monoisotopic (exact) mass is 556 g/mol. The van der Waals surface area contributed by atoms with E-state index >= 15 is 0 Å². The molecule has 6 rings (SSSR count). The van der Waals surface area contributed by atoms with Crippen LogP contribution in [0.2, 0.25) is 10.0 Å². The zero-order chi connectivity index (χ0) is 26.8. The van der Waals surface area contributed by atoms with Crippen molar-refractivity contribution >= 4 is 40.3 Å². The van der Waals surface area contributed by atoms with Crippen LogP contribution in [-0.2, 0) is 0 Å². The van der Waals surface area contributed by atoms with E-state index < -0.39 is 11.5 Å². The molecule has 2 aliphatic heterocycles. The smallest absolute Gasteiger partial charge is 0.255 e. The van der Waals surface area contributed by atoms with Gasteiger partial charge in [0.15, 0.2) is 0 Å². The van der Waals surface area contributed by atoms with Crippen LogP contribution in [0.4, 0.5) is 14.5 Å². The molecule has 0 radical (unpaired) electrons. The molecule has 2 aliphatic rings. The normalized spacial score (nSPS) is 18.1. The Morgan fingerprint density at radius 2 is 1.97 bits per heavy atom. The lowest BCUT2D eigenvalue weighted by Gasteiger charge is -2.44. The Labute approximate surface area is 228 Å². The van der Waals surface area contributed by atoms with Crippen LogP contribution in [0.1, 0.15) is 40.9 Å². The second kappa shape index (κ2) is 9.13. The van der Waals surface area contributed by atoms with Crippen LogP contribution in [0.15, 0.2) is 48.7 Å². The molecular weight excluding hydrogens is 533 g/mol. The van der Waals surface area contributed by atoms with Crippen molar-refractivity contribution in [3.63, 3.8) is 0 Å². The molecule has 1 saturated heterocycles. The number of hydrogen-bond acceptors (Lipinski definition) is 4. The van der Waals surface area contributed by atoms with Crippen molar-refractivity contribution in [1.82, 2.24) is 14.9 Å². The van der Waals surface area contributed by atoms with Crippen LogP contribution in [0.25, 0.3) is 16.8 Å². The average Bonchev–Trinajstić information content (AvgIpc) is 3.20. The maximum absolute atomic E-state index is 14.7. The Morgan fingerprint density at radius 1 is 1.21 bits per heavy atom. The van der Waals surface area contributed by atoms with E-state index in [9.17, 15) is 13.6 Å². The second-order valence-corrected chi connectivity index (χ2v) is 10.9. The first kappa shape index (κ1) is 24.9. The summed E-state index contributed by atoms with van der Waals surface area (Å²) >= 11 is 12.6. The minimum absolute atomic E-state index is 0.0833. The summed E-state index contributed by atoms with van der Waals surface area (Å²) in [6.45, 7) is 4.11. The molecule has 6 nitrogen and oxygen atoms in total. The number of carbonyl (C=O) groups excluding carboxylic acids is 1. The lowest BCUT2D eigenvalue weighted by atomic mass is 9.96. The fourth-order valence-electron chi connectivity index (χ4n) is 5.41. The average molecular weight is 557 g/mol. The lowest BCUT2D eigenvalue weighted by Crippen LogP contribution is -2.58. The van der Waals surface area contributed by atoms with Gasteiger partial charge >= 0.3 is 0 Å². The van der Waals surface area contributed by atoms with Gasteiger partial charge in [-0.3, -0.25) is 4.79 Å². The highest BCUT2D eigenvalue weighted by atomic mass is 35.5. The van der Waals surface area contributed by atoms with Gasteiger partial charge in [-0.25, -0.2) is 13.3 Å². The molecule has 10 heteroatoms. The fraction of sp³-hybridized carbons (Fsp3) is 0.286. The first-order chi connectivity index (χ1) is 18.1. The number of rotatable bonds is 4. The van der Waals surface area contributed by atoms with Crippen molar-refractivity contribution in [3.05, 3.63) is 81.2 Å². The molecule has 0 spiro atoms. The summed E-state index contributed by atoms with van der Waals surface area (Å²) < 4.78 is 36.3. The summed E-state index contributed by atoms with van der Waals surface area (Å²) in [5.74, 6) is -0.115. The first-order valence-corrected chi connectivity index (χ1v) is 13.0. The Bertz CT molecular complexity index is 1600. The van der Waals surface area contributed by atoms with Crippen molar-refractivity contribution < 1.29 is 18.3 Å². The van der Waals surface area contributed by atoms with Gasteiger partial charge in [-0.05, 0) is 43.7 Å². The minimum atomic E-state index is -1.38. The summed E-state index contributed by atoms with van der Waals surface area (Å²) in [5.41, 5.74) is 2.67. The predicted molar refractivity (Wildman–Crippen MR) is 144 cm³/mol. The third-order valence-electron chi connectivity index (χ3n) is 7.08. The largest absolute Gasteiger partial charge is 0.493 e. The number of halogens is 4. The highest BCUT2D eigenvalue weighted by Crippen LogP contribution is 2.42. The number of carbonyl (C=O) groups is 1. The zero-order valence-corrected chi connectivity index (χ0v) is 22.2. The number of nitrogens with one attached hydrogen (secondary N) is 1. The Hall–Kier alpha value is -3.36. The number of amides is 1. The number of hydrogen-bond donors (Lipinski definition) is 1. The molecule has 2 aromatic carbocycles. The quantitative estimate of drug-likeness (QED) is 0.289. The number of aromatic nitrogens is 2. The van der Waals surface area contributed by atoms with Crippen LogP contribution in [0, 0.1) is 12.7 Å². The van der Waals surface area contributed by atoms with E-state index in [0.717, 1.165) is 22.9 Å². The van der Waals surface area contributed by atoms with Gasteiger partial charge in [-0.1, -0.05) is 41.4 Å². The summed E-state index contributed by atoms with van der Waals surface area (Å²) in [7, 11) is 0. The number of anilines is 1. The molecule has 2 aromatic heterocycles. The van der Waals surface area contributed by atoms with Gasteiger partial charge in [-0.15, -0.1) is 0 Å². The van der Waals surface area contributed by atoms with Crippen LogP contribution < -0.4 is 15.0 Å². The molecule has 0 saturated carbocycles. The number of alkyl halides is 1. The van der Waals surface area contributed by atoms with Gasteiger partial charge in [-0.2, -0.15) is 5.10 Å². The standard InChI is InChI=1S/C28H24Cl2F2N4O2/c1-15-9-22-26(35-13-28(2,32)14-35)19(27(37)34-21-7-8-38-23-6-4-3-5-17(21)23)12-33-36(22)25(15)18-10-16(31)11-20(29)24(18)30/h3-6,9-12,21H,7-8,13-14H2,1-2H3,(H,34,37)/t21-/m0/s1. The number of ether oxygens (including phenoxy) is 1. The Kier molecular flexibility index (Phi) is 6.00. The van der Waals surface area contributed by atoms with Crippen molar-refractivity contribution in [2.45, 2.75) is 32.0 Å². The molecule has 0 aliphatic carbocycles. The van der Waals surface area contributed by atoms with E-state index in [1.807, 2.05) is 42.2 Å². The van der Waals surface area contributed by atoms with Gasteiger partial charge in [0.2, 0.25) is 0 Å². The number of aryl methyl sites for hydroxylation is 1. The third kappa shape index (κ3) is 4.16. The lowest BCUT2D eigenvalue weighted by molar-refractivity contribution is 0.0922. The minimum Gasteiger partial charge on any atom is -0.493 e. The molecule has 4 heterocycles. The molecule has 1 N–H and O–H groups in total. The number of benzene rings is 2. The highest BCUT2D eigenvalue weighted by molar-refractivity contribution is 6.43. The molecule has 196 valence electrons. The van der Waals surface area contributed by atoms with Gasteiger partial charge in [0.1, 0.15) is 17.2 Å². The van der Waals surface area contributed by atoms with Gasteiger partial charge in [0.25, 0.3) is 5.91 Å².